The number of rotatable bonds is 10. The molecule has 0 heterocycles. The van der Waals surface area contributed by atoms with Gasteiger partial charge in [0.1, 0.15) is 11.4 Å². The first-order valence-corrected chi connectivity index (χ1v) is 14.9. The van der Waals surface area contributed by atoms with E-state index in [2.05, 4.69) is 16.0 Å². The SMILES string of the molecule is COc1cccc(NC(=O)C(C)Sc2cccc(NC(=O)/C(=C\c3cccc4ccccc34)NC(=O)c3ccccc3)c2)c1. The maximum absolute atomic E-state index is 13.6. The Labute approximate surface area is 260 Å². The molecule has 0 aliphatic rings. The highest BCUT2D eigenvalue weighted by molar-refractivity contribution is 8.00. The molecular formula is C36H31N3O4S. The second-order valence-corrected chi connectivity index (χ2v) is 11.3. The number of ether oxygens (including phenoxy) is 1. The summed E-state index contributed by atoms with van der Waals surface area (Å²) in [6.45, 7) is 1.82. The summed E-state index contributed by atoms with van der Waals surface area (Å²) in [7, 11) is 1.57. The number of fused-ring (bicyclic) bond motifs is 1. The van der Waals surface area contributed by atoms with Gasteiger partial charge in [0.2, 0.25) is 5.91 Å². The van der Waals surface area contributed by atoms with E-state index in [4.69, 9.17) is 4.74 Å². The highest BCUT2D eigenvalue weighted by atomic mass is 32.2. The van der Waals surface area contributed by atoms with Crippen LogP contribution in [0.5, 0.6) is 5.75 Å². The molecule has 5 rings (SSSR count). The van der Waals surface area contributed by atoms with Crippen molar-refractivity contribution in [2.24, 2.45) is 0 Å². The Morgan fingerprint density at radius 3 is 2.23 bits per heavy atom. The zero-order valence-electron chi connectivity index (χ0n) is 24.2. The van der Waals surface area contributed by atoms with E-state index in [-0.39, 0.29) is 11.6 Å². The number of nitrogens with one attached hydrogen (secondary N) is 3. The number of hydrogen-bond acceptors (Lipinski definition) is 5. The number of benzene rings is 5. The van der Waals surface area contributed by atoms with Gasteiger partial charge in [-0.05, 0) is 71.8 Å². The van der Waals surface area contributed by atoms with Crippen molar-refractivity contribution >= 4 is 57.7 Å². The summed E-state index contributed by atoms with van der Waals surface area (Å²) in [5.41, 5.74) is 2.49. The van der Waals surface area contributed by atoms with E-state index in [9.17, 15) is 14.4 Å². The van der Waals surface area contributed by atoms with Gasteiger partial charge >= 0.3 is 0 Å². The number of thioether (sulfide) groups is 1. The molecule has 0 aliphatic heterocycles. The summed E-state index contributed by atoms with van der Waals surface area (Å²) in [6, 6.07) is 36.8. The molecule has 0 radical (unpaired) electrons. The summed E-state index contributed by atoms with van der Waals surface area (Å²) in [6.07, 6.45) is 1.68. The fourth-order valence-corrected chi connectivity index (χ4v) is 5.45. The Hall–Kier alpha value is -5.34. The number of hydrogen-bond donors (Lipinski definition) is 3. The van der Waals surface area contributed by atoms with Crippen LogP contribution in [0.4, 0.5) is 11.4 Å². The molecule has 0 saturated heterocycles. The number of anilines is 2. The molecule has 0 saturated carbocycles. The second-order valence-electron chi connectivity index (χ2n) is 9.91. The number of methoxy groups -OCH3 is 1. The van der Waals surface area contributed by atoms with E-state index < -0.39 is 17.1 Å². The fourth-order valence-electron chi connectivity index (χ4n) is 4.52. The Balaban J connectivity index is 1.34. The number of amides is 3. The Morgan fingerprint density at radius 2 is 1.43 bits per heavy atom. The van der Waals surface area contributed by atoms with E-state index in [1.54, 1.807) is 67.8 Å². The van der Waals surface area contributed by atoms with Crippen LogP contribution in [-0.2, 0) is 9.59 Å². The molecule has 3 N–H and O–H groups in total. The van der Waals surface area contributed by atoms with Gasteiger partial charge in [-0.25, -0.2) is 0 Å². The topological polar surface area (TPSA) is 96.5 Å². The van der Waals surface area contributed by atoms with E-state index in [0.717, 1.165) is 21.2 Å². The molecular weight excluding hydrogens is 570 g/mol. The van der Waals surface area contributed by atoms with Crippen molar-refractivity contribution in [3.05, 3.63) is 138 Å². The van der Waals surface area contributed by atoms with Gasteiger partial charge in [-0.15, -0.1) is 11.8 Å². The summed E-state index contributed by atoms with van der Waals surface area (Å²) in [4.78, 5) is 40.4. The molecule has 3 amide bonds. The lowest BCUT2D eigenvalue weighted by molar-refractivity contribution is -0.115. The maximum atomic E-state index is 13.6. The standard InChI is InChI=1S/C36H31N3O4S/c1-24(34(40)37-28-16-9-18-30(22-28)43-2)44-31-19-10-17-29(23-31)38-36(42)33(39-35(41)26-12-4-3-5-13-26)21-27-15-8-14-25-11-6-7-20-32(25)27/h3-24H,1-2H3,(H,37,40)(H,38,42)(H,39,41)/b33-21+. The number of carbonyl (C=O) groups excluding carboxylic acids is 3. The van der Waals surface area contributed by atoms with Crippen LogP contribution in [0.25, 0.3) is 16.8 Å². The van der Waals surface area contributed by atoms with Crippen LogP contribution in [0, 0.1) is 0 Å². The zero-order valence-corrected chi connectivity index (χ0v) is 25.1. The van der Waals surface area contributed by atoms with Crippen molar-refractivity contribution in [3.63, 3.8) is 0 Å². The van der Waals surface area contributed by atoms with Gasteiger partial charge in [0, 0.05) is 27.9 Å². The van der Waals surface area contributed by atoms with Crippen molar-refractivity contribution in [3.8, 4) is 5.75 Å². The Morgan fingerprint density at radius 1 is 0.750 bits per heavy atom. The first-order valence-electron chi connectivity index (χ1n) is 14.0. The molecule has 1 unspecified atom stereocenters. The van der Waals surface area contributed by atoms with Crippen LogP contribution in [-0.4, -0.2) is 30.1 Å². The Bertz CT molecular complexity index is 1830. The summed E-state index contributed by atoms with van der Waals surface area (Å²) >= 11 is 1.36. The summed E-state index contributed by atoms with van der Waals surface area (Å²) < 4.78 is 5.23. The highest BCUT2D eigenvalue weighted by Gasteiger charge is 2.18. The van der Waals surface area contributed by atoms with Crippen LogP contribution in [0.1, 0.15) is 22.8 Å². The van der Waals surface area contributed by atoms with Crippen molar-refractivity contribution < 1.29 is 19.1 Å². The van der Waals surface area contributed by atoms with E-state index in [1.807, 2.05) is 73.7 Å². The molecule has 0 spiro atoms. The third kappa shape index (κ3) is 7.73. The first kappa shape index (κ1) is 30.1. The average molecular weight is 602 g/mol. The first-order chi connectivity index (χ1) is 21.4. The normalized spacial score (nSPS) is 11.8. The molecule has 0 aromatic heterocycles. The van der Waals surface area contributed by atoms with Crippen molar-refractivity contribution in [1.82, 2.24) is 5.32 Å². The monoisotopic (exact) mass is 601 g/mol. The van der Waals surface area contributed by atoms with Crippen molar-refractivity contribution in [2.45, 2.75) is 17.1 Å². The van der Waals surface area contributed by atoms with Gasteiger partial charge < -0.3 is 20.7 Å². The molecule has 8 heteroatoms. The molecule has 0 aliphatic carbocycles. The lowest BCUT2D eigenvalue weighted by Crippen LogP contribution is -2.30. The lowest BCUT2D eigenvalue weighted by Gasteiger charge is -2.14. The molecule has 0 bridgehead atoms. The van der Waals surface area contributed by atoms with Gasteiger partial charge in [-0.2, -0.15) is 0 Å². The predicted octanol–water partition coefficient (Wildman–Crippen LogP) is 7.38. The summed E-state index contributed by atoms with van der Waals surface area (Å²) in [5, 5.41) is 10.2. The molecule has 220 valence electrons. The third-order valence-electron chi connectivity index (χ3n) is 6.76. The minimum Gasteiger partial charge on any atom is -0.497 e. The molecule has 1 atom stereocenters. The van der Waals surface area contributed by atoms with E-state index in [1.165, 1.54) is 11.8 Å². The molecule has 0 fully saturated rings. The van der Waals surface area contributed by atoms with Crippen LogP contribution in [0.3, 0.4) is 0 Å². The Kier molecular flexibility index (Phi) is 9.74. The smallest absolute Gasteiger partial charge is 0.272 e. The van der Waals surface area contributed by atoms with E-state index >= 15 is 0 Å². The summed E-state index contributed by atoms with van der Waals surface area (Å²) in [5.74, 6) is -0.386. The number of carbonyl (C=O) groups is 3. The quantitative estimate of drug-likeness (QED) is 0.115. The fraction of sp³-hybridized carbons (Fsp3) is 0.0833. The van der Waals surface area contributed by atoms with Gasteiger partial charge in [0.25, 0.3) is 11.8 Å². The molecule has 7 nitrogen and oxygen atoms in total. The maximum Gasteiger partial charge on any atom is 0.272 e. The zero-order chi connectivity index (χ0) is 30.9. The van der Waals surface area contributed by atoms with Crippen LogP contribution < -0.4 is 20.7 Å². The van der Waals surface area contributed by atoms with Crippen LogP contribution >= 0.6 is 11.8 Å². The van der Waals surface area contributed by atoms with Gasteiger partial charge in [0.15, 0.2) is 0 Å². The average Bonchev–Trinajstić information content (AvgIpc) is 3.05. The lowest BCUT2D eigenvalue weighted by atomic mass is 10.0. The predicted molar refractivity (Wildman–Crippen MR) is 178 cm³/mol. The van der Waals surface area contributed by atoms with Gasteiger partial charge in [0.05, 0.1) is 12.4 Å². The van der Waals surface area contributed by atoms with E-state index in [0.29, 0.717) is 22.7 Å². The van der Waals surface area contributed by atoms with Crippen molar-refractivity contribution in [2.75, 3.05) is 17.7 Å². The third-order valence-corrected chi connectivity index (χ3v) is 7.86. The van der Waals surface area contributed by atoms with Crippen LogP contribution in [0.15, 0.2) is 132 Å². The van der Waals surface area contributed by atoms with Gasteiger partial charge in [-0.3, -0.25) is 14.4 Å². The second kappa shape index (κ2) is 14.2. The minimum atomic E-state index is -0.479. The van der Waals surface area contributed by atoms with Crippen LogP contribution in [0.2, 0.25) is 0 Å². The molecule has 5 aromatic carbocycles. The molecule has 44 heavy (non-hydrogen) atoms. The molecule has 5 aromatic rings. The largest absolute Gasteiger partial charge is 0.497 e. The van der Waals surface area contributed by atoms with Crippen molar-refractivity contribution in [1.29, 1.82) is 0 Å². The minimum absolute atomic E-state index is 0.0966. The highest BCUT2D eigenvalue weighted by Crippen LogP contribution is 2.28. The van der Waals surface area contributed by atoms with Gasteiger partial charge in [-0.1, -0.05) is 72.8 Å².